The summed E-state index contributed by atoms with van der Waals surface area (Å²) in [5.41, 5.74) is 2.00. The molecule has 0 bridgehead atoms. The van der Waals surface area contributed by atoms with E-state index in [1.54, 1.807) is 13.2 Å². The van der Waals surface area contributed by atoms with Crippen LogP contribution < -0.4 is 9.46 Å². The minimum absolute atomic E-state index is 0.0372. The Kier molecular flexibility index (Phi) is 5.24. The van der Waals surface area contributed by atoms with Crippen LogP contribution >= 0.6 is 0 Å². The Morgan fingerprint density at radius 2 is 1.85 bits per heavy atom. The first-order valence-corrected chi connectivity index (χ1v) is 9.17. The number of halogens is 1. The number of ether oxygens (including phenoxy) is 1. The van der Waals surface area contributed by atoms with Crippen molar-refractivity contribution in [1.29, 1.82) is 0 Å². The molecule has 134 valence electrons. The summed E-state index contributed by atoms with van der Waals surface area (Å²) in [7, 11) is -2.25. The molecule has 6 nitrogen and oxygen atoms in total. The van der Waals surface area contributed by atoms with Gasteiger partial charge in [0, 0.05) is 5.56 Å². The Bertz CT molecular complexity index is 1010. The molecule has 0 fully saturated rings. The zero-order chi connectivity index (χ0) is 18.6. The van der Waals surface area contributed by atoms with Crippen molar-refractivity contribution in [3.05, 3.63) is 72.4 Å². The second-order valence-electron chi connectivity index (χ2n) is 5.41. The summed E-state index contributed by atoms with van der Waals surface area (Å²) in [6, 6.07) is 13.8. The summed E-state index contributed by atoms with van der Waals surface area (Å²) < 4.78 is 45.3. The summed E-state index contributed by atoms with van der Waals surface area (Å²) >= 11 is 0. The molecule has 26 heavy (non-hydrogen) atoms. The fourth-order valence-corrected chi connectivity index (χ4v) is 3.33. The summed E-state index contributed by atoms with van der Waals surface area (Å²) in [5, 5.41) is 0. The maximum atomic E-state index is 13.2. The van der Waals surface area contributed by atoms with E-state index in [1.165, 1.54) is 24.5 Å². The van der Waals surface area contributed by atoms with Gasteiger partial charge in [-0.3, -0.25) is 0 Å². The highest BCUT2D eigenvalue weighted by Gasteiger charge is 2.15. The van der Waals surface area contributed by atoms with Gasteiger partial charge in [0.2, 0.25) is 10.0 Å². The second-order valence-corrected chi connectivity index (χ2v) is 7.17. The average Bonchev–Trinajstić information content (AvgIpc) is 2.67. The molecule has 0 aliphatic rings. The molecule has 0 saturated carbocycles. The molecule has 0 atom stereocenters. The molecule has 0 saturated heterocycles. The molecule has 3 aromatic rings. The van der Waals surface area contributed by atoms with Crippen LogP contribution in [0.4, 0.5) is 4.39 Å². The van der Waals surface area contributed by atoms with Crippen molar-refractivity contribution in [2.24, 2.45) is 0 Å². The number of benzene rings is 2. The van der Waals surface area contributed by atoms with E-state index in [9.17, 15) is 12.8 Å². The van der Waals surface area contributed by atoms with Crippen molar-refractivity contribution in [3.8, 4) is 17.0 Å². The van der Waals surface area contributed by atoms with E-state index in [-0.39, 0.29) is 11.4 Å². The Morgan fingerprint density at radius 1 is 1.08 bits per heavy atom. The molecule has 1 heterocycles. The molecule has 1 N–H and O–H groups in total. The standard InChI is InChI=1S/C18H16FN3O3S/c1-25-16-7-5-13(6-8-16)18-10-15(20-12-21-18)11-22-26(23,24)17-4-2-3-14(19)9-17/h2-10,12,22H,11H2,1H3. The minimum atomic E-state index is -3.83. The van der Waals surface area contributed by atoms with Gasteiger partial charge in [-0.1, -0.05) is 6.07 Å². The third-order valence-electron chi connectivity index (χ3n) is 3.66. The van der Waals surface area contributed by atoms with E-state index in [4.69, 9.17) is 4.74 Å². The highest BCUT2D eigenvalue weighted by atomic mass is 32.2. The van der Waals surface area contributed by atoms with Crippen molar-refractivity contribution >= 4 is 10.0 Å². The minimum Gasteiger partial charge on any atom is -0.497 e. The number of methoxy groups -OCH3 is 1. The van der Waals surface area contributed by atoms with E-state index in [2.05, 4.69) is 14.7 Å². The predicted octanol–water partition coefficient (Wildman–Crippen LogP) is 2.77. The number of nitrogens with zero attached hydrogens (tertiary/aromatic N) is 2. The van der Waals surface area contributed by atoms with E-state index in [0.29, 0.717) is 11.4 Å². The van der Waals surface area contributed by atoms with Crippen LogP contribution in [0, 0.1) is 5.82 Å². The van der Waals surface area contributed by atoms with Crippen LogP contribution in [0.1, 0.15) is 5.69 Å². The molecule has 0 aliphatic heterocycles. The lowest BCUT2D eigenvalue weighted by Gasteiger charge is -2.08. The number of sulfonamides is 1. The first-order chi connectivity index (χ1) is 12.5. The third kappa shape index (κ3) is 4.22. The van der Waals surface area contributed by atoms with Crippen LogP contribution in [-0.2, 0) is 16.6 Å². The fraction of sp³-hybridized carbons (Fsp3) is 0.111. The monoisotopic (exact) mass is 373 g/mol. The van der Waals surface area contributed by atoms with Gasteiger partial charge in [0.25, 0.3) is 0 Å². The normalized spacial score (nSPS) is 11.3. The molecule has 0 amide bonds. The summed E-state index contributed by atoms with van der Waals surface area (Å²) in [5.74, 6) is 0.114. The van der Waals surface area contributed by atoms with Crippen LogP contribution in [0.5, 0.6) is 5.75 Å². The van der Waals surface area contributed by atoms with Crippen molar-refractivity contribution < 1.29 is 17.5 Å². The second kappa shape index (κ2) is 7.59. The first-order valence-electron chi connectivity index (χ1n) is 7.68. The van der Waals surface area contributed by atoms with Gasteiger partial charge in [0.1, 0.15) is 17.9 Å². The van der Waals surface area contributed by atoms with Crippen LogP contribution in [-0.4, -0.2) is 25.5 Å². The highest BCUT2D eigenvalue weighted by Crippen LogP contribution is 2.20. The molecule has 1 aromatic heterocycles. The lowest BCUT2D eigenvalue weighted by atomic mass is 10.1. The lowest BCUT2D eigenvalue weighted by molar-refractivity contribution is 0.415. The smallest absolute Gasteiger partial charge is 0.241 e. The molecule has 2 aromatic carbocycles. The van der Waals surface area contributed by atoms with Crippen LogP contribution in [0.15, 0.2) is 65.8 Å². The molecular formula is C18H16FN3O3S. The quantitative estimate of drug-likeness (QED) is 0.719. The van der Waals surface area contributed by atoms with E-state index >= 15 is 0 Å². The number of aromatic nitrogens is 2. The number of nitrogens with one attached hydrogen (secondary N) is 1. The SMILES string of the molecule is COc1ccc(-c2cc(CNS(=O)(=O)c3cccc(F)c3)ncn2)cc1. The molecule has 0 radical (unpaired) electrons. The maximum absolute atomic E-state index is 13.2. The zero-order valence-electron chi connectivity index (χ0n) is 13.9. The fourth-order valence-electron chi connectivity index (χ4n) is 2.30. The van der Waals surface area contributed by atoms with Gasteiger partial charge < -0.3 is 4.74 Å². The van der Waals surface area contributed by atoms with Crippen molar-refractivity contribution in [2.45, 2.75) is 11.4 Å². The summed E-state index contributed by atoms with van der Waals surface area (Å²) in [4.78, 5) is 8.14. The molecule has 0 aliphatic carbocycles. The number of hydrogen-bond donors (Lipinski definition) is 1. The number of hydrogen-bond acceptors (Lipinski definition) is 5. The molecule has 3 rings (SSSR count). The molecular weight excluding hydrogens is 357 g/mol. The zero-order valence-corrected chi connectivity index (χ0v) is 14.7. The Hall–Kier alpha value is -2.84. The average molecular weight is 373 g/mol. The van der Waals surface area contributed by atoms with Gasteiger partial charge >= 0.3 is 0 Å². The van der Waals surface area contributed by atoms with Crippen LogP contribution in [0.25, 0.3) is 11.3 Å². The van der Waals surface area contributed by atoms with Gasteiger partial charge in [-0.15, -0.1) is 0 Å². The van der Waals surface area contributed by atoms with Crippen molar-refractivity contribution in [1.82, 2.24) is 14.7 Å². The van der Waals surface area contributed by atoms with Crippen LogP contribution in [0.2, 0.25) is 0 Å². The number of rotatable bonds is 6. The van der Waals surface area contributed by atoms with Gasteiger partial charge in [0.15, 0.2) is 0 Å². The largest absolute Gasteiger partial charge is 0.497 e. The molecule has 0 spiro atoms. The Labute approximate surface area is 150 Å². The van der Waals surface area contributed by atoms with Gasteiger partial charge in [-0.25, -0.2) is 27.5 Å². The Balaban J connectivity index is 1.76. The van der Waals surface area contributed by atoms with Crippen molar-refractivity contribution in [3.63, 3.8) is 0 Å². The molecule has 0 unspecified atom stereocenters. The van der Waals surface area contributed by atoms with E-state index in [1.807, 2.05) is 24.3 Å². The lowest BCUT2D eigenvalue weighted by Crippen LogP contribution is -2.23. The Morgan fingerprint density at radius 3 is 2.54 bits per heavy atom. The molecule has 8 heteroatoms. The van der Waals surface area contributed by atoms with Gasteiger partial charge in [-0.05, 0) is 48.5 Å². The van der Waals surface area contributed by atoms with Gasteiger partial charge in [-0.2, -0.15) is 0 Å². The maximum Gasteiger partial charge on any atom is 0.241 e. The first kappa shape index (κ1) is 18.0. The topological polar surface area (TPSA) is 81.2 Å². The van der Waals surface area contributed by atoms with Crippen molar-refractivity contribution in [2.75, 3.05) is 7.11 Å². The van der Waals surface area contributed by atoms with E-state index < -0.39 is 15.8 Å². The van der Waals surface area contributed by atoms with E-state index in [0.717, 1.165) is 17.4 Å². The summed E-state index contributed by atoms with van der Waals surface area (Å²) in [6.45, 7) is -0.0372. The van der Waals surface area contributed by atoms with Gasteiger partial charge in [0.05, 0.1) is 29.9 Å². The predicted molar refractivity (Wildman–Crippen MR) is 94.4 cm³/mol. The highest BCUT2D eigenvalue weighted by molar-refractivity contribution is 7.89. The third-order valence-corrected chi connectivity index (χ3v) is 5.06. The van der Waals surface area contributed by atoms with Crippen LogP contribution in [0.3, 0.4) is 0 Å². The summed E-state index contributed by atoms with van der Waals surface area (Å²) in [6.07, 6.45) is 1.37.